The van der Waals surface area contributed by atoms with Gasteiger partial charge >= 0.3 is 0 Å². The molecule has 90 valence electrons. The van der Waals surface area contributed by atoms with Gasteiger partial charge in [-0.3, -0.25) is 4.79 Å². The molecule has 0 bridgehead atoms. The fourth-order valence-corrected chi connectivity index (χ4v) is 3.20. The molecule has 0 radical (unpaired) electrons. The van der Waals surface area contributed by atoms with Gasteiger partial charge in [-0.05, 0) is 24.3 Å². The Balaban J connectivity index is 1.76. The number of ether oxygens (including phenoxy) is 1. The normalized spacial score (nSPS) is 22.6. The Bertz CT molecular complexity index is 444. The van der Waals surface area contributed by atoms with Gasteiger partial charge in [0.15, 0.2) is 6.61 Å². The quantitative estimate of drug-likeness (QED) is 0.842. The molecule has 1 aromatic carbocycles. The van der Waals surface area contributed by atoms with Gasteiger partial charge in [-0.1, -0.05) is 0 Å². The predicted octanol–water partition coefficient (Wildman–Crippen LogP) is 1.93. The topological polar surface area (TPSA) is 50.4 Å². The zero-order chi connectivity index (χ0) is 11.7. The average molecular weight is 250 g/mol. The molecule has 2 aliphatic heterocycles. The summed E-state index contributed by atoms with van der Waals surface area (Å²) >= 11 is 1.98. The molecule has 0 spiro atoms. The molecule has 5 heteroatoms. The molecule has 1 atom stereocenters. The molecule has 2 aliphatic rings. The van der Waals surface area contributed by atoms with Crippen molar-refractivity contribution in [3.05, 3.63) is 18.2 Å². The van der Waals surface area contributed by atoms with Gasteiger partial charge in [0.2, 0.25) is 0 Å². The van der Waals surface area contributed by atoms with Gasteiger partial charge in [-0.25, -0.2) is 0 Å². The van der Waals surface area contributed by atoms with Crippen molar-refractivity contribution < 1.29 is 9.53 Å². The van der Waals surface area contributed by atoms with Crippen LogP contribution in [0.25, 0.3) is 0 Å². The van der Waals surface area contributed by atoms with Crippen LogP contribution in [0.15, 0.2) is 18.2 Å². The van der Waals surface area contributed by atoms with E-state index in [0.717, 1.165) is 22.9 Å². The molecule has 0 unspecified atom stereocenters. The lowest BCUT2D eigenvalue weighted by Gasteiger charge is -2.20. The minimum absolute atomic E-state index is 0.0922. The number of amides is 1. The number of carbonyl (C=O) groups is 1. The molecule has 3 rings (SSSR count). The summed E-state index contributed by atoms with van der Waals surface area (Å²) in [5.74, 6) is 3.05. The average Bonchev–Trinajstić information content (AvgIpc) is 2.82. The summed E-state index contributed by atoms with van der Waals surface area (Å²) in [5, 5.41) is 6.27. The third-order valence-corrected chi connectivity index (χ3v) is 4.08. The van der Waals surface area contributed by atoms with Crippen LogP contribution in [0.3, 0.4) is 0 Å². The Morgan fingerprint density at radius 2 is 2.41 bits per heavy atom. The van der Waals surface area contributed by atoms with E-state index in [1.165, 1.54) is 12.2 Å². The number of carbonyl (C=O) groups excluding carboxylic acids is 1. The summed E-state index contributed by atoms with van der Waals surface area (Å²) in [7, 11) is 0. The molecule has 1 amide bonds. The highest BCUT2D eigenvalue weighted by atomic mass is 32.2. The van der Waals surface area contributed by atoms with Crippen LogP contribution >= 0.6 is 11.8 Å². The molecule has 17 heavy (non-hydrogen) atoms. The summed E-state index contributed by atoms with van der Waals surface area (Å²) in [6, 6.07) is 6.38. The summed E-state index contributed by atoms with van der Waals surface area (Å²) < 4.78 is 5.38. The zero-order valence-electron chi connectivity index (χ0n) is 9.36. The first-order valence-electron chi connectivity index (χ1n) is 5.72. The molecular formula is C12H14N2O2S. The van der Waals surface area contributed by atoms with Crippen LogP contribution in [-0.2, 0) is 4.79 Å². The number of thioether (sulfide) groups is 1. The molecule has 0 aromatic heterocycles. The molecule has 2 N–H and O–H groups in total. The Labute approximate surface area is 104 Å². The maximum absolute atomic E-state index is 11.1. The first-order chi connectivity index (χ1) is 8.31. The van der Waals surface area contributed by atoms with Crippen LogP contribution < -0.4 is 15.4 Å². The monoisotopic (exact) mass is 250 g/mol. The van der Waals surface area contributed by atoms with Gasteiger partial charge in [0.1, 0.15) is 5.75 Å². The molecule has 0 saturated carbocycles. The minimum Gasteiger partial charge on any atom is -0.482 e. The van der Waals surface area contributed by atoms with Crippen molar-refractivity contribution in [2.24, 2.45) is 0 Å². The highest BCUT2D eigenvalue weighted by Crippen LogP contribution is 2.31. The fraction of sp³-hybridized carbons (Fsp3) is 0.417. The van der Waals surface area contributed by atoms with E-state index in [1.807, 2.05) is 30.0 Å². The van der Waals surface area contributed by atoms with E-state index in [9.17, 15) is 4.79 Å². The Kier molecular flexibility index (Phi) is 2.84. The van der Waals surface area contributed by atoms with E-state index in [0.29, 0.717) is 6.04 Å². The fourth-order valence-electron chi connectivity index (χ4n) is 2.05. The zero-order valence-corrected chi connectivity index (χ0v) is 10.2. The van der Waals surface area contributed by atoms with Gasteiger partial charge in [0, 0.05) is 23.5 Å². The van der Waals surface area contributed by atoms with Crippen LogP contribution in [0.2, 0.25) is 0 Å². The second-order valence-electron chi connectivity index (χ2n) is 4.25. The van der Waals surface area contributed by atoms with Crippen molar-refractivity contribution in [1.82, 2.24) is 0 Å². The van der Waals surface area contributed by atoms with Crippen molar-refractivity contribution in [3.8, 4) is 5.75 Å². The molecular weight excluding hydrogens is 236 g/mol. The largest absolute Gasteiger partial charge is 0.482 e. The van der Waals surface area contributed by atoms with Gasteiger partial charge in [-0.2, -0.15) is 11.8 Å². The molecule has 1 saturated heterocycles. The van der Waals surface area contributed by atoms with E-state index in [1.54, 1.807) is 0 Å². The maximum atomic E-state index is 11.1. The van der Waals surface area contributed by atoms with E-state index in [-0.39, 0.29) is 12.5 Å². The third-order valence-electron chi connectivity index (χ3n) is 2.91. The molecule has 0 aliphatic carbocycles. The van der Waals surface area contributed by atoms with E-state index in [2.05, 4.69) is 10.6 Å². The lowest BCUT2D eigenvalue weighted by Crippen LogP contribution is -2.25. The van der Waals surface area contributed by atoms with E-state index < -0.39 is 0 Å². The van der Waals surface area contributed by atoms with Crippen LogP contribution in [0.4, 0.5) is 11.4 Å². The van der Waals surface area contributed by atoms with Crippen molar-refractivity contribution in [3.63, 3.8) is 0 Å². The SMILES string of the molecule is O=C1COc2cc(N[C@@H]3CCSC3)ccc2N1. The van der Waals surface area contributed by atoms with Crippen LogP contribution in [0, 0.1) is 0 Å². The van der Waals surface area contributed by atoms with Crippen LogP contribution in [0.1, 0.15) is 6.42 Å². The second kappa shape index (κ2) is 4.49. The molecule has 1 fully saturated rings. The smallest absolute Gasteiger partial charge is 0.262 e. The second-order valence-corrected chi connectivity index (χ2v) is 5.40. The van der Waals surface area contributed by atoms with E-state index in [4.69, 9.17) is 4.74 Å². The van der Waals surface area contributed by atoms with Crippen LogP contribution in [-0.4, -0.2) is 30.1 Å². The molecule has 2 heterocycles. The van der Waals surface area contributed by atoms with Gasteiger partial charge < -0.3 is 15.4 Å². The van der Waals surface area contributed by atoms with Crippen molar-refractivity contribution in [2.45, 2.75) is 12.5 Å². The number of nitrogens with one attached hydrogen (secondary N) is 2. The number of fused-ring (bicyclic) bond motifs is 1. The van der Waals surface area contributed by atoms with E-state index >= 15 is 0 Å². The summed E-state index contributed by atoms with van der Waals surface area (Å²) in [5.41, 5.74) is 1.82. The Morgan fingerprint density at radius 3 is 3.24 bits per heavy atom. The Hall–Kier alpha value is -1.36. The first kappa shape index (κ1) is 10.8. The lowest BCUT2D eigenvalue weighted by molar-refractivity contribution is -0.118. The summed E-state index contributed by atoms with van der Waals surface area (Å²) in [6.45, 7) is 0.107. The third kappa shape index (κ3) is 2.34. The number of rotatable bonds is 2. The Morgan fingerprint density at radius 1 is 1.47 bits per heavy atom. The summed E-state index contributed by atoms with van der Waals surface area (Å²) in [4.78, 5) is 11.1. The maximum Gasteiger partial charge on any atom is 0.262 e. The number of benzene rings is 1. The summed E-state index contributed by atoms with van der Waals surface area (Å²) in [6.07, 6.45) is 1.21. The highest BCUT2D eigenvalue weighted by molar-refractivity contribution is 7.99. The van der Waals surface area contributed by atoms with Gasteiger partial charge in [-0.15, -0.1) is 0 Å². The van der Waals surface area contributed by atoms with Crippen molar-refractivity contribution in [2.75, 3.05) is 28.7 Å². The van der Waals surface area contributed by atoms with Crippen molar-refractivity contribution >= 4 is 29.0 Å². The van der Waals surface area contributed by atoms with Gasteiger partial charge in [0.25, 0.3) is 5.91 Å². The van der Waals surface area contributed by atoms with Crippen molar-refractivity contribution in [1.29, 1.82) is 0 Å². The number of anilines is 2. The lowest BCUT2D eigenvalue weighted by atomic mass is 10.2. The predicted molar refractivity (Wildman–Crippen MR) is 69.9 cm³/mol. The minimum atomic E-state index is -0.0922. The standard InChI is InChI=1S/C12H14N2O2S/c15-12-6-16-11-5-8(1-2-10(11)14-12)13-9-3-4-17-7-9/h1-2,5,9,13H,3-4,6-7H2,(H,14,15)/t9-/m1/s1. The molecule has 1 aromatic rings. The van der Waals surface area contributed by atoms with Crippen LogP contribution in [0.5, 0.6) is 5.75 Å². The number of hydrogen-bond acceptors (Lipinski definition) is 4. The molecule has 4 nitrogen and oxygen atoms in total. The van der Waals surface area contributed by atoms with Gasteiger partial charge in [0.05, 0.1) is 5.69 Å². The first-order valence-corrected chi connectivity index (χ1v) is 6.88. The highest BCUT2D eigenvalue weighted by Gasteiger charge is 2.18. The number of hydrogen-bond donors (Lipinski definition) is 2.